The Bertz CT molecular complexity index is 3100. The molecular formula is C46H28N2S. The van der Waals surface area contributed by atoms with Gasteiger partial charge in [0.25, 0.3) is 0 Å². The fraction of sp³-hybridized carbons (Fsp3) is 0. The molecule has 0 radical (unpaired) electrons. The van der Waals surface area contributed by atoms with Gasteiger partial charge in [-0.1, -0.05) is 103 Å². The number of hydrogen-bond donors (Lipinski definition) is 0. The van der Waals surface area contributed by atoms with Crippen LogP contribution in [0.2, 0.25) is 0 Å². The highest BCUT2D eigenvalue weighted by Gasteiger charge is 2.20. The second kappa shape index (κ2) is 10.2. The van der Waals surface area contributed by atoms with Crippen LogP contribution in [0.15, 0.2) is 170 Å². The van der Waals surface area contributed by atoms with Gasteiger partial charge in [0.2, 0.25) is 0 Å². The lowest BCUT2D eigenvalue weighted by molar-refractivity contribution is 1.17. The van der Waals surface area contributed by atoms with E-state index >= 15 is 0 Å². The van der Waals surface area contributed by atoms with Gasteiger partial charge in [-0.15, -0.1) is 11.3 Å². The predicted octanol–water partition coefficient (Wildman–Crippen LogP) is 13.1. The molecule has 11 rings (SSSR count). The number of benzene rings is 8. The van der Waals surface area contributed by atoms with E-state index in [4.69, 9.17) is 0 Å². The van der Waals surface area contributed by atoms with Crippen molar-refractivity contribution < 1.29 is 0 Å². The number of hydrogen-bond acceptors (Lipinski definition) is 1. The summed E-state index contributed by atoms with van der Waals surface area (Å²) in [7, 11) is 0. The summed E-state index contributed by atoms with van der Waals surface area (Å²) in [6, 6.07) is 62.5. The fourth-order valence-corrected chi connectivity index (χ4v) is 9.19. The van der Waals surface area contributed by atoms with E-state index in [1.54, 1.807) is 0 Å². The highest BCUT2D eigenvalue weighted by atomic mass is 32.1. The number of thiophene rings is 1. The summed E-state index contributed by atoms with van der Waals surface area (Å²) < 4.78 is 7.54. The number of fused-ring (bicyclic) bond motifs is 11. The zero-order valence-electron chi connectivity index (χ0n) is 26.5. The van der Waals surface area contributed by atoms with Crippen molar-refractivity contribution in [2.45, 2.75) is 0 Å². The molecular weight excluding hydrogens is 613 g/mol. The molecule has 8 aromatic carbocycles. The molecule has 3 heteroatoms. The lowest BCUT2D eigenvalue weighted by atomic mass is 10.0. The summed E-state index contributed by atoms with van der Waals surface area (Å²) >= 11 is 1.87. The molecule has 0 aliphatic heterocycles. The minimum Gasteiger partial charge on any atom is -0.309 e. The van der Waals surface area contributed by atoms with Gasteiger partial charge in [0.05, 0.1) is 22.1 Å². The number of rotatable bonds is 3. The Hall–Kier alpha value is -6.16. The molecule has 0 saturated carbocycles. The van der Waals surface area contributed by atoms with E-state index in [1.807, 2.05) is 11.3 Å². The summed E-state index contributed by atoms with van der Waals surface area (Å²) in [6.45, 7) is 0. The van der Waals surface area contributed by atoms with Crippen molar-refractivity contribution in [1.82, 2.24) is 9.13 Å². The molecule has 11 aromatic rings. The standard InChI is InChI=1S/C46H28N2S/c1-2-10-31-27-34(23-19-29(31)9-1)48-40-15-7-4-13-37(40)46-42(48)25-24-41-45(46)36-12-3-6-14-39(36)47(41)33-21-17-30(18-22-33)32-20-26-44-38(28-32)35-11-5-8-16-43(35)49-44/h1-28H. The van der Waals surface area contributed by atoms with Crippen LogP contribution in [-0.2, 0) is 0 Å². The highest BCUT2D eigenvalue weighted by molar-refractivity contribution is 7.25. The second-order valence-electron chi connectivity index (χ2n) is 12.9. The zero-order valence-corrected chi connectivity index (χ0v) is 27.3. The smallest absolute Gasteiger partial charge is 0.0548 e. The first kappa shape index (κ1) is 26.9. The zero-order chi connectivity index (χ0) is 32.1. The van der Waals surface area contributed by atoms with Gasteiger partial charge in [-0.3, -0.25) is 0 Å². The lowest BCUT2D eigenvalue weighted by Gasteiger charge is -2.11. The lowest BCUT2D eigenvalue weighted by Crippen LogP contribution is -1.95. The maximum absolute atomic E-state index is 2.44. The summed E-state index contributed by atoms with van der Waals surface area (Å²) in [5.74, 6) is 0. The fourth-order valence-electron chi connectivity index (χ4n) is 8.10. The Balaban J connectivity index is 1.12. The molecule has 0 bridgehead atoms. The van der Waals surface area contributed by atoms with E-state index in [2.05, 4.69) is 179 Å². The first-order valence-electron chi connectivity index (χ1n) is 16.8. The van der Waals surface area contributed by atoms with Crippen molar-refractivity contribution in [3.05, 3.63) is 170 Å². The molecule has 0 N–H and O–H groups in total. The van der Waals surface area contributed by atoms with Crippen LogP contribution in [0.4, 0.5) is 0 Å². The molecule has 0 fully saturated rings. The second-order valence-corrected chi connectivity index (χ2v) is 14.0. The highest BCUT2D eigenvalue weighted by Crippen LogP contribution is 2.43. The minimum absolute atomic E-state index is 1.16. The van der Waals surface area contributed by atoms with E-state index < -0.39 is 0 Å². The van der Waals surface area contributed by atoms with Crippen LogP contribution in [0.3, 0.4) is 0 Å². The van der Waals surface area contributed by atoms with Gasteiger partial charge in [0, 0.05) is 53.1 Å². The van der Waals surface area contributed by atoms with Gasteiger partial charge >= 0.3 is 0 Å². The maximum atomic E-state index is 2.44. The molecule has 0 amide bonds. The summed E-state index contributed by atoms with van der Waals surface area (Å²) in [4.78, 5) is 0. The van der Waals surface area contributed by atoms with Crippen LogP contribution in [0.5, 0.6) is 0 Å². The number of para-hydroxylation sites is 2. The van der Waals surface area contributed by atoms with Gasteiger partial charge in [-0.25, -0.2) is 0 Å². The number of aromatic nitrogens is 2. The first-order valence-corrected chi connectivity index (χ1v) is 17.6. The van der Waals surface area contributed by atoms with Gasteiger partial charge in [-0.05, 0) is 88.6 Å². The molecule has 0 aliphatic carbocycles. The van der Waals surface area contributed by atoms with Gasteiger partial charge in [-0.2, -0.15) is 0 Å². The summed E-state index contributed by atoms with van der Waals surface area (Å²) in [5, 5.41) is 10.3. The molecule has 0 atom stereocenters. The molecule has 0 spiro atoms. The summed E-state index contributed by atoms with van der Waals surface area (Å²) in [6.07, 6.45) is 0. The first-order chi connectivity index (χ1) is 24.3. The van der Waals surface area contributed by atoms with E-state index in [0.717, 1.165) is 5.69 Å². The third-order valence-corrected chi connectivity index (χ3v) is 11.5. The maximum Gasteiger partial charge on any atom is 0.0548 e. The minimum atomic E-state index is 1.16. The third-order valence-electron chi connectivity index (χ3n) is 10.3. The SMILES string of the molecule is c1ccc2cc(-n3c4ccccc4c4c5c6ccccc6n(-c6ccc(-c7ccc8sc9ccccc9c8c7)cc6)c5ccc43)ccc2c1. The van der Waals surface area contributed by atoms with E-state index in [0.29, 0.717) is 0 Å². The Morgan fingerprint density at radius 3 is 1.61 bits per heavy atom. The predicted molar refractivity (Wildman–Crippen MR) is 211 cm³/mol. The number of nitrogens with zero attached hydrogens (tertiary/aromatic N) is 2. The van der Waals surface area contributed by atoms with Crippen molar-refractivity contribution in [2.24, 2.45) is 0 Å². The van der Waals surface area contributed by atoms with E-state index in [-0.39, 0.29) is 0 Å². The van der Waals surface area contributed by atoms with Gasteiger partial charge in [0.15, 0.2) is 0 Å². The topological polar surface area (TPSA) is 9.86 Å². The Morgan fingerprint density at radius 1 is 0.327 bits per heavy atom. The Labute approximate surface area is 286 Å². The van der Waals surface area contributed by atoms with Crippen molar-refractivity contribution in [2.75, 3.05) is 0 Å². The van der Waals surface area contributed by atoms with Crippen LogP contribution < -0.4 is 0 Å². The monoisotopic (exact) mass is 640 g/mol. The van der Waals surface area contributed by atoms with Crippen LogP contribution in [0.1, 0.15) is 0 Å². The molecule has 3 aromatic heterocycles. The van der Waals surface area contributed by atoms with Crippen LogP contribution in [-0.4, -0.2) is 9.13 Å². The molecule has 0 unspecified atom stereocenters. The molecule has 0 aliphatic rings. The van der Waals surface area contributed by atoms with E-state index in [9.17, 15) is 0 Å². The molecule has 228 valence electrons. The molecule has 0 saturated heterocycles. The van der Waals surface area contributed by atoms with Crippen LogP contribution >= 0.6 is 11.3 Å². The van der Waals surface area contributed by atoms with E-state index in [1.165, 1.54) is 91.4 Å². The summed E-state index contributed by atoms with van der Waals surface area (Å²) in [5.41, 5.74) is 9.68. The van der Waals surface area contributed by atoms with Crippen molar-refractivity contribution in [3.63, 3.8) is 0 Å². The Kier molecular flexibility index (Phi) is 5.57. The van der Waals surface area contributed by atoms with Crippen LogP contribution in [0.25, 0.3) is 97.1 Å². The van der Waals surface area contributed by atoms with Gasteiger partial charge < -0.3 is 9.13 Å². The normalized spacial score (nSPS) is 12.1. The quantitative estimate of drug-likeness (QED) is 0.182. The molecule has 3 heterocycles. The molecule has 2 nitrogen and oxygen atoms in total. The molecule has 49 heavy (non-hydrogen) atoms. The average molecular weight is 641 g/mol. The van der Waals surface area contributed by atoms with Crippen molar-refractivity contribution >= 4 is 85.9 Å². The van der Waals surface area contributed by atoms with Crippen molar-refractivity contribution in [3.8, 4) is 22.5 Å². The third kappa shape index (κ3) is 3.88. The van der Waals surface area contributed by atoms with Crippen LogP contribution in [0, 0.1) is 0 Å². The Morgan fingerprint density at radius 2 is 0.878 bits per heavy atom. The largest absolute Gasteiger partial charge is 0.309 e. The average Bonchev–Trinajstić information content (AvgIpc) is 3.82. The van der Waals surface area contributed by atoms with Gasteiger partial charge in [0.1, 0.15) is 0 Å². The van der Waals surface area contributed by atoms with Crippen molar-refractivity contribution in [1.29, 1.82) is 0 Å².